The third-order valence-corrected chi connectivity index (χ3v) is 2.67. The maximum Gasteiger partial charge on any atom is 0.264 e. The zero-order valence-electron chi connectivity index (χ0n) is 8.36. The van der Waals surface area contributed by atoms with Gasteiger partial charge in [-0.05, 0) is 32.5 Å². The maximum absolute atomic E-state index is 10.4. The molecule has 0 unspecified atom stereocenters. The fourth-order valence-corrected chi connectivity index (χ4v) is 1.71. The summed E-state index contributed by atoms with van der Waals surface area (Å²) in [5.74, 6) is -0.132. The molecule has 0 heterocycles. The smallest absolute Gasteiger partial charge is 0.264 e. The Morgan fingerprint density at radius 1 is 1.23 bits per heavy atom. The van der Waals surface area contributed by atoms with E-state index in [4.69, 9.17) is 4.55 Å². The monoisotopic (exact) mass is 209 g/mol. The van der Waals surface area contributed by atoms with Crippen LogP contribution in [0.5, 0.6) is 0 Å². The molecule has 0 amide bonds. The molecule has 0 aromatic heterocycles. The Morgan fingerprint density at radius 2 is 1.85 bits per heavy atom. The lowest BCUT2D eigenvalue weighted by atomic mass is 10.3. The summed E-state index contributed by atoms with van der Waals surface area (Å²) < 4.78 is 29.3. The van der Waals surface area contributed by atoms with Crippen molar-refractivity contribution in [2.75, 3.05) is 25.4 Å². The van der Waals surface area contributed by atoms with E-state index in [2.05, 4.69) is 11.8 Å². The van der Waals surface area contributed by atoms with Crippen LogP contribution in [0, 0.1) is 0 Å². The molecular weight excluding hydrogens is 190 g/mol. The summed E-state index contributed by atoms with van der Waals surface area (Å²) in [6, 6.07) is 0. The van der Waals surface area contributed by atoms with E-state index in [0.717, 1.165) is 26.1 Å². The van der Waals surface area contributed by atoms with Gasteiger partial charge in [-0.25, -0.2) is 0 Å². The van der Waals surface area contributed by atoms with Gasteiger partial charge in [0.2, 0.25) is 0 Å². The Balaban J connectivity index is 3.61. The molecule has 0 aliphatic rings. The highest BCUT2D eigenvalue weighted by Crippen LogP contribution is 1.95. The van der Waals surface area contributed by atoms with Gasteiger partial charge in [-0.15, -0.1) is 0 Å². The minimum absolute atomic E-state index is 0.132. The second-order valence-corrected chi connectivity index (χ2v) is 4.65. The van der Waals surface area contributed by atoms with Crippen LogP contribution in [0.2, 0.25) is 0 Å². The normalized spacial score (nSPS) is 12.3. The molecule has 0 aliphatic heterocycles. The van der Waals surface area contributed by atoms with E-state index in [0.29, 0.717) is 6.42 Å². The van der Waals surface area contributed by atoms with E-state index in [9.17, 15) is 8.42 Å². The predicted octanol–water partition coefficient (Wildman–Crippen LogP) is 0.996. The minimum Gasteiger partial charge on any atom is -0.304 e. The van der Waals surface area contributed by atoms with Gasteiger partial charge in [0, 0.05) is 0 Å². The van der Waals surface area contributed by atoms with Crippen molar-refractivity contribution in [3.05, 3.63) is 0 Å². The van der Waals surface area contributed by atoms with Gasteiger partial charge in [0.1, 0.15) is 0 Å². The van der Waals surface area contributed by atoms with Crippen LogP contribution in [-0.4, -0.2) is 43.3 Å². The fourth-order valence-electron chi connectivity index (χ4n) is 1.21. The largest absolute Gasteiger partial charge is 0.304 e. The quantitative estimate of drug-likeness (QED) is 0.635. The molecule has 0 aliphatic carbocycles. The molecular formula is C8H19NO3S. The first-order chi connectivity index (χ1) is 5.99. The molecule has 0 fully saturated rings. The molecule has 0 bridgehead atoms. The predicted molar refractivity (Wildman–Crippen MR) is 53.4 cm³/mol. The van der Waals surface area contributed by atoms with Crippen LogP contribution in [0.3, 0.4) is 0 Å². The van der Waals surface area contributed by atoms with Gasteiger partial charge >= 0.3 is 0 Å². The van der Waals surface area contributed by atoms with Crippen molar-refractivity contribution in [1.29, 1.82) is 0 Å². The first-order valence-corrected chi connectivity index (χ1v) is 6.28. The standard InChI is InChI=1S/C8H19NO3S/c1-3-6-9(4-2)7-5-8-13(10,11)12/h3-8H2,1-2H3,(H,10,11,12). The van der Waals surface area contributed by atoms with Crippen LogP contribution in [0.1, 0.15) is 26.7 Å². The van der Waals surface area contributed by atoms with E-state index in [-0.39, 0.29) is 5.75 Å². The summed E-state index contributed by atoms with van der Waals surface area (Å²) in [7, 11) is -3.77. The molecule has 0 atom stereocenters. The van der Waals surface area contributed by atoms with Crippen LogP contribution in [0.25, 0.3) is 0 Å². The van der Waals surface area contributed by atoms with Gasteiger partial charge in [-0.1, -0.05) is 13.8 Å². The lowest BCUT2D eigenvalue weighted by Crippen LogP contribution is -2.26. The first kappa shape index (κ1) is 12.9. The van der Waals surface area contributed by atoms with Crippen molar-refractivity contribution in [3.8, 4) is 0 Å². The van der Waals surface area contributed by atoms with Gasteiger partial charge in [0.05, 0.1) is 5.75 Å². The summed E-state index contributed by atoms with van der Waals surface area (Å²) in [6.45, 7) is 6.79. The second kappa shape index (κ2) is 6.34. The second-order valence-electron chi connectivity index (χ2n) is 3.07. The van der Waals surface area contributed by atoms with E-state index < -0.39 is 10.1 Å². The Kier molecular flexibility index (Phi) is 6.28. The van der Waals surface area contributed by atoms with Crippen molar-refractivity contribution >= 4 is 10.1 Å². The van der Waals surface area contributed by atoms with Gasteiger partial charge in [0.15, 0.2) is 0 Å². The number of hydrogen-bond acceptors (Lipinski definition) is 3. The summed E-state index contributed by atoms with van der Waals surface area (Å²) in [4.78, 5) is 2.17. The molecule has 0 radical (unpaired) electrons. The molecule has 0 saturated carbocycles. The third kappa shape index (κ3) is 8.21. The van der Waals surface area contributed by atoms with Gasteiger partial charge in [0.25, 0.3) is 10.1 Å². The minimum atomic E-state index is -3.77. The van der Waals surface area contributed by atoms with Gasteiger partial charge < -0.3 is 4.90 Å². The third-order valence-electron chi connectivity index (χ3n) is 1.86. The van der Waals surface area contributed by atoms with Crippen LogP contribution in [-0.2, 0) is 10.1 Å². The Labute approximate surface area is 80.7 Å². The Bertz CT molecular complexity index is 213. The van der Waals surface area contributed by atoms with E-state index >= 15 is 0 Å². The molecule has 0 aromatic carbocycles. The first-order valence-electron chi connectivity index (χ1n) is 4.67. The molecule has 13 heavy (non-hydrogen) atoms. The number of hydrogen-bond donors (Lipinski definition) is 1. The topological polar surface area (TPSA) is 57.6 Å². The lowest BCUT2D eigenvalue weighted by molar-refractivity contribution is 0.289. The van der Waals surface area contributed by atoms with Gasteiger partial charge in [-0.3, -0.25) is 4.55 Å². The Morgan fingerprint density at radius 3 is 2.23 bits per heavy atom. The zero-order valence-corrected chi connectivity index (χ0v) is 9.18. The van der Waals surface area contributed by atoms with Crippen LogP contribution >= 0.6 is 0 Å². The molecule has 80 valence electrons. The average molecular weight is 209 g/mol. The lowest BCUT2D eigenvalue weighted by Gasteiger charge is -2.18. The molecule has 0 spiro atoms. The fraction of sp³-hybridized carbons (Fsp3) is 1.00. The summed E-state index contributed by atoms with van der Waals surface area (Å²) in [5, 5.41) is 0. The van der Waals surface area contributed by atoms with Crippen molar-refractivity contribution in [1.82, 2.24) is 4.90 Å². The van der Waals surface area contributed by atoms with Crippen molar-refractivity contribution in [2.45, 2.75) is 26.7 Å². The summed E-state index contributed by atoms with van der Waals surface area (Å²) in [6.07, 6.45) is 1.58. The van der Waals surface area contributed by atoms with E-state index in [1.807, 2.05) is 6.92 Å². The molecule has 0 saturated heterocycles. The highest BCUT2D eigenvalue weighted by molar-refractivity contribution is 7.85. The zero-order chi connectivity index (χ0) is 10.3. The SMILES string of the molecule is CCCN(CC)CCCS(=O)(=O)O. The number of nitrogens with zero attached hydrogens (tertiary/aromatic N) is 1. The Hall–Kier alpha value is -0.130. The number of rotatable bonds is 7. The molecule has 0 rings (SSSR count). The van der Waals surface area contributed by atoms with Gasteiger partial charge in [-0.2, -0.15) is 8.42 Å². The van der Waals surface area contributed by atoms with Crippen LogP contribution in [0.15, 0.2) is 0 Å². The van der Waals surface area contributed by atoms with Crippen LogP contribution in [0.4, 0.5) is 0 Å². The van der Waals surface area contributed by atoms with Crippen LogP contribution < -0.4 is 0 Å². The summed E-state index contributed by atoms with van der Waals surface area (Å²) >= 11 is 0. The highest BCUT2D eigenvalue weighted by atomic mass is 32.2. The van der Waals surface area contributed by atoms with Crippen molar-refractivity contribution in [3.63, 3.8) is 0 Å². The molecule has 4 nitrogen and oxygen atoms in total. The molecule has 0 aromatic rings. The summed E-state index contributed by atoms with van der Waals surface area (Å²) in [5.41, 5.74) is 0. The van der Waals surface area contributed by atoms with Crippen molar-refractivity contribution in [2.24, 2.45) is 0 Å². The molecule has 1 N–H and O–H groups in total. The maximum atomic E-state index is 10.4. The molecule has 5 heteroatoms. The average Bonchev–Trinajstić information content (AvgIpc) is 2.01. The highest BCUT2D eigenvalue weighted by Gasteiger charge is 2.06. The van der Waals surface area contributed by atoms with Crippen molar-refractivity contribution < 1.29 is 13.0 Å². The van der Waals surface area contributed by atoms with E-state index in [1.54, 1.807) is 0 Å². The van der Waals surface area contributed by atoms with E-state index in [1.165, 1.54) is 0 Å².